The highest BCUT2D eigenvalue weighted by atomic mass is 32.2. The van der Waals surface area contributed by atoms with Gasteiger partial charge in [0.05, 0.1) is 16.5 Å². The first-order valence-corrected chi connectivity index (χ1v) is 10.3. The molecule has 0 spiro atoms. The fraction of sp³-hybridized carbons (Fsp3) is 0.300. The summed E-state index contributed by atoms with van der Waals surface area (Å²) in [5, 5.41) is 8.84. The Labute approximate surface area is 159 Å². The van der Waals surface area contributed by atoms with Crippen LogP contribution in [0.1, 0.15) is 28.4 Å². The molecule has 6 nitrogen and oxygen atoms in total. The molecule has 1 saturated heterocycles. The number of benzene rings is 2. The molecule has 0 saturated carbocycles. The van der Waals surface area contributed by atoms with Gasteiger partial charge < -0.3 is 4.90 Å². The Morgan fingerprint density at radius 2 is 1.59 bits per heavy atom. The van der Waals surface area contributed by atoms with E-state index in [4.69, 9.17) is 5.26 Å². The zero-order chi connectivity index (χ0) is 19.4. The SMILES string of the molecule is CCc1ccc(C(=O)N2CCN(S(=O)(=O)c3ccc(C#N)cc3)CC2)cc1. The maximum absolute atomic E-state index is 12.7. The third-order valence-corrected chi connectivity index (χ3v) is 6.67. The second-order valence-electron chi connectivity index (χ2n) is 6.38. The molecule has 7 heteroatoms. The number of aryl methyl sites for hydroxylation is 1. The van der Waals surface area contributed by atoms with Gasteiger partial charge in [0.1, 0.15) is 0 Å². The summed E-state index contributed by atoms with van der Waals surface area (Å²) in [5.41, 5.74) is 2.21. The van der Waals surface area contributed by atoms with Gasteiger partial charge in [0.15, 0.2) is 0 Å². The number of hydrogen-bond donors (Lipinski definition) is 0. The number of piperazine rings is 1. The lowest BCUT2D eigenvalue weighted by atomic mass is 10.1. The van der Waals surface area contributed by atoms with Crippen molar-refractivity contribution in [3.8, 4) is 6.07 Å². The van der Waals surface area contributed by atoms with Gasteiger partial charge in [-0.3, -0.25) is 4.79 Å². The van der Waals surface area contributed by atoms with Crippen LogP contribution in [-0.4, -0.2) is 49.7 Å². The maximum atomic E-state index is 12.7. The van der Waals surface area contributed by atoms with Gasteiger partial charge in [-0.25, -0.2) is 8.42 Å². The van der Waals surface area contributed by atoms with Crippen molar-refractivity contribution < 1.29 is 13.2 Å². The van der Waals surface area contributed by atoms with E-state index in [0.29, 0.717) is 24.2 Å². The van der Waals surface area contributed by atoms with E-state index in [0.717, 1.165) is 6.42 Å². The molecule has 0 atom stereocenters. The molecule has 0 radical (unpaired) electrons. The predicted octanol–water partition coefficient (Wildman–Crippen LogP) is 2.27. The average molecular weight is 383 g/mol. The van der Waals surface area contributed by atoms with Gasteiger partial charge in [0.2, 0.25) is 10.0 Å². The van der Waals surface area contributed by atoms with Crippen molar-refractivity contribution in [2.24, 2.45) is 0 Å². The number of carbonyl (C=O) groups excluding carboxylic acids is 1. The molecule has 1 fully saturated rings. The number of hydrogen-bond acceptors (Lipinski definition) is 4. The molecule has 0 aromatic heterocycles. The van der Waals surface area contributed by atoms with Crippen LogP contribution in [0.15, 0.2) is 53.4 Å². The summed E-state index contributed by atoms with van der Waals surface area (Å²) >= 11 is 0. The number of amides is 1. The average Bonchev–Trinajstić information content (AvgIpc) is 2.73. The van der Waals surface area contributed by atoms with E-state index in [1.165, 1.54) is 34.1 Å². The van der Waals surface area contributed by atoms with E-state index in [1.807, 2.05) is 30.3 Å². The first-order valence-electron chi connectivity index (χ1n) is 8.84. The predicted molar refractivity (Wildman–Crippen MR) is 102 cm³/mol. The van der Waals surface area contributed by atoms with Crippen molar-refractivity contribution in [1.29, 1.82) is 5.26 Å². The fourth-order valence-electron chi connectivity index (χ4n) is 3.05. The van der Waals surface area contributed by atoms with Crippen LogP contribution in [0.25, 0.3) is 0 Å². The minimum absolute atomic E-state index is 0.0759. The molecular weight excluding hydrogens is 362 g/mol. The number of rotatable bonds is 4. The van der Waals surface area contributed by atoms with Crippen LogP contribution in [0, 0.1) is 11.3 Å². The highest BCUT2D eigenvalue weighted by Gasteiger charge is 2.30. The van der Waals surface area contributed by atoms with Crippen molar-refractivity contribution in [1.82, 2.24) is 9.21 Å². The van der Waals surface area contributed by atoms with Crippen molar-refractivity contribution in [2.45, 2.75) is 18.2 Å². The topological polar surface area (TPSA) is 81.5 Å². The summed E-state index contributed by atoms with van der Waals surface area (Å²) in [4.78, 5) is 14.5. The largest absolute Gasteiger partial charge is 0.336 e. The molecule has 2 aromatic rings. The second-order valence-corrected chi connectivity index (χ2v) is 8.32. The van der Waals surface area contributed by atoms with E-state index < -0.39 is 10.0 Å². The summed E-state index contributed by atoms with van der Waals surface area (Å²) in [6.45, 7) is 3.26. The van der Waals surface area contributed by atoms with Crippen LogP contribution >= 0.6 is 0 Å². The summed E-state index contributed by atoms with van der Waals surface area (Å²) in [6, 6.07) is 15.4. The fourth-order valence-corrected chi connectivity index (χ4v) is 4.47. The van der Waals surface area contributed by atoms with Gasteiger partial charge in [-0.15, -0.1) is 0 Å². The van der Waals surface area contributed by atoms with Crippen LogP contribution in [0.4, 0.5) is 0 Å². The van der Waals surface area contributed by atoms with Crippen molar-refractivity contribution in [3.05, 3.63) is 65.2 Å². The van der Waals surface area contributed by atoms with Crippen LogP contribution in [-0.2, 0) is 16.4 Å². The van der Waals surface area contributed by atoms with Gasteiger partial charge >= 0.3 is 0 Å². The zero-order valence-corrected chi connectivity index (χ0v) is 15.9. The molecule has 1 amide bonds. The molecule has 1 aliphatic rings. The molecule has 0 aliphatic carbocycles. The first-order chi connectivity index (χ1) is 13.0. The summed E-state index contributed by atoms with van der Waals surface area (Å²) in [7, 11) is -3.62. The molecule has 1 aliphatic heterocycles. The third kappa shape index (κ3) is 4.02. The molecule has 0 unspecified atom stereocenters. The van der Waals surface area contributed by atoms with Gasteiger partial charge in [-0.1, -0.05) is 19.1 Å². The van der Waals surface area contributed by atoms with Gasteiger partial charge in [-0.05, 0) is 48.4 Å². The van der Waals surface area contributed by atoms with Gasteiger partial charge in [-0.2, -0.15) is 9.57 Å². The highest BCUT2D eigenvalue weighted by molar-refractivity contribution is 7.89. The summed E-state index contributed by atoms with van der Waals surface area (Å²) in [6.07, 6.45) is 0.917. The quantitative estimate of drug-likeness (QED) is 0.811. The standard InChI is InChI=1S/C20H21N3O3S/c1-2-16-3-7-18(8-4-16)20(24)22-11-13-23(14-12-22)27(25,26)19-9-5-17(15-21)6-10-19/h3-10H,2,11-14H2,1H3. The number of nitriles is 1. The lowest BCUT2D eigenvalue weighted by Crippen LogP contribution is -2.50. The van der Waals surface area contributed by atoms with Crippen LogP contribution in [0.5, 0.6) is 0 Å². The molecule has 140 valence electrons. The molecule has 0 bridgehead atoms. The molecule has 0 N–H and O–H groups in total. The van der Waals surface area contributed by atoms with Crippen molar-refractivity contribution in [3.63, 3.8) is 0 Å². The normalized spacial score (nSPS) is 15.3. The molecule has 2 aromatic carbocycles. The van der Waals surface area contributed by atoms with Gasteiger partial charge in [0, 0.05) is 31.7 Å². The smallest absolute Gasteiger partial charge is 0.253 e. The Kier molecular flexibility index (Phi) is 5.59. The van der Waals surface area contributed by atoms with Crippen LogP contribution in [0.2, 0.25) is 0 Å². The minimum atomic E-state index is -3.62. The van der Waals surface area contributed by atoms with E-state index in [1.54, 1.807) is 4.90 Å². The van der Waals surface area contributed by atoms with E-state index in [2.05, 4.69) is 6.92 Å². The summed E-state index contributed by atoms with van der Waals surface area (Å²) < 4.78 is 26.9. The number of carbonyl (C=O) groups is 1. The minimum Gasteiger partial charge on any atom is -0.336 e. The Balaban J connectivity index is 1.66. The highest BCUT2D eigenvalue weighted by Crippen LogP contribution is 2.19. The molecule has 3 rings (SSSR count). The Hall–Kier alpha value is -2.69. The Morgan fingerprint density at radius 1 is 1.00 bits per heavy atom. The van der Waals surface area contributed by atoms with Crippen molar-refractivity contribution >= 4 is 15.9 Å². The lowest BCUT2D eigenvalue weighted by molar-refractivity contribution is 0.0698. The third-order valence-electron chi connectivity index (χ3n) is 4.76. The second kappa shape index (κ2) is 7.91. The van der Waals surface area contributed by atoms with Crippen LogP contribution in [0.3, 0.4) is 0 Å². The number of nitrogens with zero attached hydrogens (tertiary/aromatic N) is 3. The molecular formula is C20H21N3O3S. The Bertz CT molecular complexity index is 953. The van der Waals surface area contributed by atoms with Crippen LogP contribution < -0.4 is 0 Å². The van der Waals surface area contributed by atoms with E-state index >= 15 is 0 Å². The van der Waals surface area contributed by atoms with E-state index in [-0.39, 0.29) is 23.9 Å². The van der Waals surface area contributed by atoms with Gasteiger partial charge in [0.25, 0.3) is 5.91 Å². The number of sulfonamides is 1. The summed E-state index contributed by atoms with van der Waals surface area (Å²) in [5.74, 6) is -0.0759. The monoisotopic (exact) mass is 383 g/mol. The van der Waals surface area contributed by atoms with Crippen molar-refractivity contribution in [2.75, 3.05) is 26.2 Å². The zero-order valence-electron chi connectivity index (χ0n) is 15.1. The molecule has 1 heterocycles. The molecule has 27 heavy (non-hydrogen) atoms. The lowest BCUT2D eigenvalue weighted by Gasteiger charge is -2.34. The Morgan fingerprint density at radius 3 is 2.11 bits per heavy atom. The van der Waals surface area contributed by atoms with E-state index in [9.17, 15) is 13.2 Å². The maximum Gasteiger partial charge on any atom is 0.253 e. The first kappa shape index (κ1) is 19.1.